The maximum Gasteiger partial charge on any atom is 0.308 e. The Bertz CT molecular complexity index is 608. The van der Waals surface area contributed by atoms with Crippen LogP contribution in [0.1, 0.15) is 12.0 Å². The molecule has 2 N–H and O–H groups in total. The third kappa shape index (κ3) is 24.4. The number of carbonyl (C=O) groups excluding carboxylic acids is 1. The van der Waals surface area contributed by atoms with Crippen LogP contribution in [0, 0.1) is 0 Å². The van der Waals surface area contributed by atoms with Gasteiger partial charge in [-0.15, -0.1) is 0 Å². The third-order valence-electron chi connectivity index (χ3n) is 4.56. The summed E-state index contributed by atoms with van der Waals surface area (Å²) < 4.78 is 48.2. The van der Waals surface area contributed by atoms with Crippen molar-refractivity contribution in [2.75, 3.05) is 112 Å². The van der Waals surface area contributed by atoms with Gasteiger partial charge in [-0.2, -0.15) is 0 Å². The monoisotopic (exact) mass is 531 g/mol. The molecule has 0 saturated carbocycles. The van der Waals surface area contributed by atoms with Crippen molar-refractivity contribution in [1.29, 1.82) is 0 Å². The summed E-state index contributed by atoms with van der Waals surface area (Å²) in [6.07, 6.45) is 0.219. The number of hydrogen-bond acceptors (Lipinski definition) is 11. The number of esters is 1. The molecule has 0 unspecified atom stereocenters. The van der Waals surface area contributed by atoms with Crippen LogP contribution in [-0.2, 0) is 54.0 Å². The first-order valence-electron chi connectivity index (χ1n) is 12.8. The molecule has 0 spiro atoms. The Morgan fingerprint density at radius 1 is 0.514 bits per heavy atom. The number of ether oxygens (including phenoxy) is 9. The van der Waals surface area contributed by atoms with Crippen LogP contribution in [0.2, 0.25) is 0 Å². The first-order chi connectivity index (χ1) is 18.3. The molecule has 37 heavy (non-hydrogen) atoms. The molecule has 0 heterocycles. The predicted molar refractivity (Wildman–Crippen MR) is 136 cm³/mol. The van der Waals surface area contributed by atoms with Gasteiger partial charge in [-0.3, -0.25) is 4.79 Å². The largest absolute Gasteiger partial charge is 0.461 e. The Kier molecular flexibility index (Phi) is 24.7. The molecule has 1 aromatic rings. The summed E-state index contributed by atoms with van der Waals surface area (Å²) in [7, 11) is 0. The smallest absolute Gasteiger partial charge is 0.308 e. The second-order valence-corrected chi connectivity index (χ2v) is 7.58. The lowest BCUT2D eigenvalue weighted by molar-refractivity contribution is -0.146. The fraction of sp³-hybridized carbons (Fsp3) is 0.731. The zero-order valence-corrected chi connectivity index (χ0v) is 22.0. The van der Waals surface area contributed by atoms with E-state index in [4.69, 9.17) is 48.4 Å². The fourth-order valence-corrected chi connectivity index (χ4v) is 2.69. The van der Waals surface area contributed by atoms with Crippen molar-refractivity contribution >= 4 is 5.97 Å². The van der Waals surface area contributed by atoms with E-state index in [9.17, 15) is 4.79 Å². The third-order valence-corrected chi connectivity index (χ3v) is 4.56. The standard InChI is InChI=1S/C26H45NO10/c27-7-9-30-11-13-32-15-17-34-19-21-36-23-22-35-20-18-33-16-14-31-12-10-29-8-6-26(28)37-24-25-4-2-1-3-5-25/h1-5H,6-24,27H2. The molecule has 11 heteroatoms. The van der Waals surface area contributed by atoms with E-state index in [-0.39, 0.29) is 19.0 Å². The van der Waals surface area contributed by atoms with E-state index in [1.807, 2.05) is 30.3 Å². The van der Waals surface area contributed by atoms with Gasteiger partial charge in [-0.05, 0) is 5.56 Å². The maximum absolute atomic E-state index is 11.7. The lowest BCUT2D eigenvalue weighted by Crippen LogP contribution is -2.15. The second-order valence-electron chi connectivity index (χ2n) is 7.58. The summed E-state index contributed by atoms with van der Waals surface area (Å²) >= 11 is 0. The van der Waals surface area contributed by atoms with E-state index in [1.54, 1.807) is 0 Å². The molecule has 1 rings (SSSR count). The molecule has 0 aliphatic rings. The number of nitrogens with two attached hydrogens (primary N) is 1. The Hall–Kier alpha value is -1.67. The molecule has 0 aliphatic heterocycles. The molecule has 1 aromatic carbocycles. The van der Waals surface area contributed by atoms with Crippen LogP contribution in [0.5, 0.6) is 0 Å². The number of benzene rings is 1. The van der Waals surface area contributed by atoms with Crippen molar-refractivity contribution in [3.63, 3.8) is 0 Å². The molecular weight excluding hydrogens is 486 g/mol. The highest BCUT2D eigenvalue weighted by atomic mass is 16.6. The zero-order valence-electron chi connectivity index (χ0n) is 22.0. The number of carbonyl (C=O) groups is 1. The fourth-order valence-electron chi connectivity index (χ4n) is 2.69. The molecule has 0 radical (unpaired) electrons. The summed E-state index contributed by atoms with van der Waals surface area (Å²) in [5.74, 6) is -0.278. The first kappa shape index (κ1) is 33.4. The van der Waals surface area contributed by atoms with Crippen LogP contribution in [0.15, 0.2) is 30.3 Å². The minimum Gasteiger partial charge on any atom is -0.461 e. The predicted octanol–water partition coefficient (Wildman–Crippen LogP) is 1.21. The lowest BCUT2D eigenvalue weighted by Gasteiger charge is -2.08. The Morgan fingerprint density at radius 2 is 0.865 bits per heavy atom. The van der Waals surface area contributed by atoms with E-state index >= 15 is 0 Å². The lowest BCUT2D eigenvalue weighted by atomic mass is 10.2. The second kappa shape index (κ2) is 27.4. The van der Waals surface area contributed by atoms with Crippen LogP contribution in [0.25, 0.3) is 0 Å². The van der Waals surface area contributed by atoms with Gasteiger partial charge in [0, 0.05) is 6.54 Å². The average Bonchev–Trinajstić information content (AvgIpc) is 2.92. The minimum atomic E-state index is -0.278. The van der Waals surface area contributed by atoms with Crippen molar-refractivity contribution in [2.24, 2.45) is 5.73 Å². The first-order valence-corrected chi connectivity index (χ1v) is 12.8. The van der Waals surface area contributed by atoms with Gasteiger partial charge in [0.2, 0.25) is 0 Å². The Balaban J connectivity index is 1.67. The summed E-state index contributed by atoms with van der Waals surface area (Å²) in [6, 6.07) is 9.56. The maximum atomic E-state index is 11.7. The molecule has 0 saturated heterocycles. The summed E-state index contributed by atoms with van der Waals surface area (Å²) in [4.78, 5) is 11.7. The van der Waals surface area contributed by atoms with Gasteiger partial charge in [0.1, 0.15) is 6.61 Å². The van der Waals surface area contributed by atoms with E-state index in [0.29, 0.717) is 112 Å². The van der Waals surface area contributed by atoms with Crippen molar-refractivity contribution in [3.8, 4) is 0 Å². The van der Waals surface area contributed by atoms with Gasteiger partial charge in [0.15, 0.2) is 0 Å². The summed E-state index contributed by atoms with van der Waals surface area (Å²) in [5.41, 5.74) is 6.28. The molecule has 214 valence electrons. The average molecular weight is 532 g/mol. The van der Waals surface area contributed by atoms with Gasteiger partial charge >= 0.3 is 5.97 Å². The van der Waals surface area contributed by atoms with Gasteiger partial charge < -0.3 is 48.4 Å². The Morgan fingerprint density at radius 3 is 1.24 bits per heavy atom. The molecule has 0 aliphatic carbocycles. The molecular formula is C26H45NO10. The van der Waals surface area contributed by atoms with Crippen molar-refractivity contribution < 1.29 is 47.4 Å². The van der Waals surface area contributed by atoms with E-state index in [0.717, 1.165) is 5.56 Å². The van der Waals surface area contributed by atoms with Gasteiger partial charge in [0.25, 0.3) is 0 Å². The summed E-state index contributed by atoms with van der Waals surface area (Å²) in [6.45, 7) is 8.64. The van der Waals surface area contributed by atoms with Crippen LogP contribution < -0.4 is 5.73 Å². The molecule has 0 fully saturated rings. The van der Waals surface area contributed by atoms with Crippen LogP contribution >= 0.6 is 0 Å². The Labute approximate surface area is 220 Å². The van der Waals surface area contributed by atoms with E-state index in [2.05, 4.69) is 0 Å². The van der Waals surface area contributed by atoms with E-state index in [1.165, 1.54) is 0 Å². The van der Waals surface area contributed by atoms with Crippen LogP contribution in [0.3, 0.4) is 0 Å². The van der Waals surface area contributed by atoms with Crippen molar-refractivity contribution in [2.45, 2.75) is 13.0 Å². The highest BCUT2D eigenvalue weighted by molar-refractivity contribution is 5.69. The van der Waals surface area contributed by atoms with Gasteiger partial charge in [-0.25, -0.2) is 0 Å². The highest BCUT2D eigenvalue weighted by Crippen LogP contribution is 2.01. The van der Waals surface area contributed by atoms with Gasteiger partial charge in [0.05, 0.1) is 112 Å². The quantitative estimate of drug-likeness (QED) is 0.124. The number of hydrogen-bond donors (Lipinski definition) is 1. The normalized spacial score (nSPS) is 11.2. The molecule has 0 amide bonds. The SMILES string of the molecule is NCCOCCOCCOCCOCCOCCOCCOCCOCCC(=O)OCc1ccccc1. The topological polar surface area (TPSA) is 126 Å². The molecule has 0 aromatic heterocycles. The minimum absolute atomic E-state index is 0.219. The van der Waals surface area contributed by atoms with Crippen molar-refractivity contribution in [3.05, 3.63) is 35.9 Å². The molecule has 11 nitrogen and oxygen atoms in total. The molecule has 0 bridgehead atoms. The number of rotatable bonds is 28. The van der Waals surface area contributed by atoms with Crippen molar-refractivity contribution in [1.82, 2.24) is 0 Å². The van der Waals surface area contributed by atoms with Crippen LogP contribution in [0.4, 0.5) is 0 Å². The molecule has 0 atom stereocenters. The zero-order chi connectivity index (χ0) is 26.5. The van der Waals surface area contributed by atoms with Crippen LogP contribution in [-0.4, -0.2) is 118 Å². The van der Waals surface area contributed by atoms with E-state index < -0.39 is 0 Å². The summed E-state index contributed by atoms with van der Waals surface area (Å²) in [5, 5.41) is 0. The van der Waals surface area contributed by atoms with Gasteiger partial charge in [-0.1, -0.05) is 30.3 Å². The highest BCUT2D eigenvalue weighted by Gasteiger charge is 2.03.